The molecule has 1 rings (SSSR count). The van der Waals surface area contributed by atoms with E-state index >= 15 is 0 Å². The van der Waals surface area contributed by atoms with Crippen LogP contribution in [0.5, 0.6) is 0 Å². The second-order valence-electron chi connectivity index (χ2n) is 13.6. The van der Waals surface area contributed by atoms with E-state index in [9.17, 15) is 24.2 Å². The van der Waals surface area contributed by atoms with Crippen molar-refractivity contribution in [3.8, 4) is 0 Å². The zero-order valence-electron chi connectivity index (χ0n) is 31.7. The van der Waals surface area contributed by atoms with Gasteiger partial charge in [-0.25, -0.2) is 4.57 Å². The van der Waals surface area contributed by atoms with Gasteiger partial charge in [-0.05, 0) is 57.3 Å². The lowest BCUT2D eigenvalue weighted by atomic mass is 10.00. The normalized spacial score (nSPS) is 19.0. The standard InChI is InChI=1S/C39H69O11P/c1-4-6-7-8-9-10-11-12-13-14-18-21-25-36-37(50-36)26-23-28-39(43)49-35(32-48-51(44,45)47-30-34(41)29-40)31-46-38(42)27-22-19-16-15-17-20-24-33(3)5-2/h9-10,12-13,18,21,33-37,40-41H,4-8,11,14-17,19-20,22-32H2,1-3H3,(H,44,45)/b10-9-,13-12-,21-18-/t33?,34-,35+,36?,37?/m0/s1. The Hall–Kier alpha value is -1.85. The molecule has 1 aliphatic heterocycles. The minimum absolute atomic E-state index is 0.0902. The molecule has 1 fully saturated rings. The summed E-state index contributed by atoms with van der Waals surface area (Å²) in [5.41, 5.74) is 0. The van der Waals surface area contributed by atoms with Gasteiger partial charge in [-0.15, -0.1) is 0 Å². The average Bonchev–Trinajstić information content (AvgIpc) is 3.87. The van der Waals surface area contributed by atoms with Crippen molar-refractivity contribution >= 4 is 19.8 Å². The topological polar surface area (TPSA) is 161 Å². The summed E-state index contributed by atoms with van der Waals surface area (Å²) < 4.78 is 38.3. The summed E-state index contributed by atoms with van der Waals surface area (Å²) in [5.74, 6) is -0.241. The third kappa shape index (κ3) is 28.3. The first kappa shape index (κ1) is 47.2. The number of epoxide rings is 1. The van der Waals surface area contributed by atoms with E-state index in [4.69, 9.17) is 23.8 Å². The molecule has 51 heavy (non-hydrogen) atoms. The van der Waals surface area contributed by atoms with Crippen LogP contribution in [0.3, 0.4) is 0 Å². The van der Waals surface area contributed by atoms with Crippen molar-refractivity contribution in [2.75, 3.05) is 26.4 Å². The number of aliphatic hydroxyl groups is 2. The van der Waals surface area contributed by atoms with E-state index in [0.29, 0.717) is 19.3 Å². The lowest BCUT2D eigenvalue weighted by Crippen LogP contribution is -2.30. The van der Waals surface area contributed by atoms with Crippen LogP contribution in [-0.2, 0) is 37.4 Å². The Bertz CT molecular complexity index is 1030. The number of allylic oxidation sites excluding steroid dienone is 5. The molecule has 0 saturated carbocycles. The first-order valence-electron chi connectivity index (χ1n) is 19.5. The Kier molecular flexibility index (Phi) is 28.3. The second kappa shape index (κ2) is 30.6. The van der Waals surface area contributed by atoms with Crippen molar-refractivity contribution in [2.45, 2.75) is 167 Å². The Labute approximate surface area is 307 Å². The molecule has 0 spiro atoms. The molecule has 4 unspecified atom stereocenters. The number of hydrogen-bond acceptors (Lipinski definition) is 10. The molecule has 1 heterocycles. The Morgan fingerprint density at radius 1 is 0.784 bits per heavy atom. The minimum Gasteiger partial charge on any atom is -0.462 e. The number of carbonyl (C=O) groups is 2. The summed E-state index contributed by atoms with van der Waals surface area (Å²) in [7, 11) is -4.64. The lowest BCUT2D eigenvalue weighted by molar-refractivity contribution is -0.161. The Morgan fingerprint density at radius 2 is 1.43 bits per heavy atom. The predicted molar refractivity (Wildman–Crippen MR) is 200 cm³/mol. The maximum atomic E-state index is 12.6. The highest BCUT2D eigenvalue weighted by molar-refractivity contribution is 7.47. The summed E-state index contributed by atoms with van der Waals surface area (Å²) in [6.07, 6.45) is 28.7. The molecular weight excluding hydrogens is 675 g/mol. The molecule has 0 bridgehead atoms. The van der Waals surface area contributed by atoms with Gasteiger partial charge in [0.2, 0.25) is 0 Å². The number of phosphoric ester groups is 1. The monoisotopic (exact) mass is 744 g/mol. The van der Waals surface area contributed by atoms with Gasteiger partial charge in [-0.2, -0.15) is 0 Å². The van der Waals surface area contributed by atoms with E-state index in [0.717, 1.165) is 50.9 Å². The number of hydrogen-bond donors (Lipinski definition) is 3. The number of esters is 2. The molecular formula is C39H69O11P. The van der Waals surface area contributed by atoms with Crippen molar-refractivity contribution < 1.29 is 52.5 Å². The number of phosphoric acid groups is 1. The fourth-order valence-electron chi connectivity index (χ4n) is 5.23. The van der Waals surface area contributed by atoms with E-state index in [2.05, 4.69) is 61.8 Å². The Balaban J connectivity index is 2.37. The van der Waals surface area contributed by atoms with Crippen LogP contribution in [0.1, 0.15) is 143 Å². The van der Waals surface area contributed by atoms with Crippen LogP contribution in [0.4, 0.5) is 0 Å². The SMILES string of the molecule is CCCCC/C=C\C/C=C\C/C=C\CC1OC1CCCC(=O)O[C@H](COC(=O)CCCCCCCCC(C)CC)COP(=O)(O)OC[C@@H](O)CO. The zero-order chi connectivity index (χ0) is 37.6. The first-order chi connectivity index (χ1) is 24.6. The summed E-state index contributed by atoms with van der Waals surface area (Å²) in [5, 5.41) is 18.3. The summed E-state index contributed by atoms with van der Waals surface area (Å²) in [4.78, 5) is 34.9. The predicted octanol–water partition coefficient (Wildman–Crippen LogP) is 8.45. The second-order valence-corrected chi connectivity index (χ2v) is 15.0. The molecule has 1 saturated heterocycles. The van der Waals surface area contributed by atoms with Crippen LogP contribution in [0, 0.1) is 5.92 Å². The molecule has 6 atom stereocenters. The number of unbranched alkanes of at least 4 members (excludes halogenated alkanes) is 8. The number of carbonyl (C=O) groups excluding carboxylic acids is 2. The fraction of sp³-hybridized carbons (Fsp3) is 0.795. The maximum absolute atomic E-state index is 12.6. The molecule has 0 aromatic heterocycles. The minimum atomic E-state index is -4.64. The van der Waals surface area contributed by atoms with Gasteiger partial charge in [-0.1, -0.05) is 115 Å². The molecule has 0 aromatic rings. The number of ether oxygens (including phenoxy) is 3. The van der Waals surface area contributed by atoms with Crippen LogP contribution in [0.25, 0.3) is 0 Å². The molecule has 3 N–H and O–H groups in total. The van der Waals surface area contributed by atoms with Gasteiger partial charge in [0.25, 0.3) is 0 Å². The highest BCUT2D eigenvalue weighted by Gasteiger charge is 2.37. The van der Waals surface area contributed by atoms with Gasteiger partial charge in [-0.3, -0.25) is 18.6 Å². The van der Waals surface area contributed by atoms with E-state index < -0.39 is 51.8 Å². The molecule has 11 nitrogen and oxygen atoms in total. The Morgan fingerprint density at radius 3 is 2.14 bits per heavy atom. The van der Waals surface area contributed by atoms with E-state index in [1.54, 1.807) is 0 Å². The number of rotatable bonds is 34. The van der Waals surface area contributed by atoms with Crippen LogP contribution < -0.4 is 0 Å². The van der Waals surface area contributed by atoms with Gasteiger partial charge in [0.05, 0.1) is 32.0 Å². The molecule has 0 radical (unpaired) electrons. The van der Waals surface area contributed by atoms with Crippen molar-refractivity contribution in [3.05, 3.63) is 36.5 Å². The summed E-state index contributed by atoms with van der Waals surface area (Å²) in [6.45, 7) is 4.51. The average molecular weight is 745 g/mol. The highest BCUT2D eigenvalue weighted by Crippen LogP contribution is 2.43. The molecule has 1 aliphatic rings. The van der Waals surface area contributed by atoms with Crippen LogP contribution in [-0.4, -0.2) is 77.9 Å². The lowest BCUT2D eigenvalue weighted by Gasteiger charge is -2.20. The largest absolute Gasteiger partial charge is 0.472 e. The van der Waals surface area contributed by atoms with Gasteiger partial charge < -0.3 is 29.3 Å². The molecule has 0 aliphatic carbocycles. The molecule has 0 amide bonds. The summed E-state index contributed by atoms with van der Waals surface area (Å²) >= 11 is 0. The first-order valence-corrected chi connectivity index (χ1v) is 21.0. The van der Waals surface area contributed by atoms with Crippen LogP contribution >= 0.6 is 7.82 Å². The fourth-order valence-corrected chi connectivity index (χ4v) is 6.02. The molecule has 0 aromatic carbocycles. The van der Waals surface area contributed by atoms with E-state index in [-0.39, 0.29) is 31.7 Å². The van der Waals surface area contributed by atoms with Crippen LogP contribution in [0.2, 0.25) is 0 Å². The maximum Gasteiger partial charge on any atom is 0.472 e. The highest BCUT2D eigenvalue weighted by atomic mass is 31.2. The zero-order valence-corrected chi connectivity index (χ0v) is 32.6. The third-order valence-electron chi connectivity index (χ3n) is 8.76. The van der Waals surface area contributed by atoms with E-state index in [1.807, 2.05) is 0 Å². The van der Waals surface area contributed by atoms with Crippen LogP contribution in [0.15, 0.2) is 36.5 Å². The summed E-state index contributed by atoms with van der Waals surface area (Å²) in [6, 6.07) is 0. The quantitative estimate of drug-likeness (QED) is 0.0191. The van der Waals surface area contributed by atoms with Gasteiger partial charge >= 0.3 is 19.8 Å². The van der Waals surface area contributed by atoms with Crippen molar-refractivity contribution in [1.29, 1.82) is 0 Å². The van der Waals surface area contributed by atoms with Gasteiger partial charge in [0.15, 0.2) is 6.10 Å². The van der Waals surface area contributed by atoms with Crippen molar-refractivity contribution in [3.63, 3.8) is 0 Å². The van der Waals surface area contributed by atoms with Crippen molar-refractivity contribution in [2.24, 2.45) is 5.92 Å². The van der Waals surface area contributed by atoms with E-state index in [1.165, 1.54) is 44.9 Å². The molecule has 12 heteroatoms. The van der Waals surface area contributed by atoms with Gasteiger partial charge in [0, 0.05) is 12.8 Å². The third-order valence-corrected chi connectivity index (χ3v) is 9.71. The molecule has 296 valence electrons. The smallest absolute Gasteiger partial charge is 0.462 e. The van der Waals surface area contributed by atoms with Gasteiger partial charge in [0.1, 0.15) is 12.7 Å². The number of aliphatic hydroxyl groups excluding tert-OH is 2. The van der Waals surface area contributed by atoms with Crippen molar-refractivity contribution in [1.82, 2.24) is 0 Å².